The van der Waals surface area contributed by atoms with Crippen LogP contribution >= 0.6 is 0 Å². The van der Waals surface area contributed by atoms with Crippen LogP contribution in [0.15, 0.2) is 42.5 Å². The van der Waals surface area contributed by atoms with Gasteiger partial charge in [-0.25, -0.2) is 0 Å². The van der Waals surface area contributed by atoms with Crippen LogP contribution in [0.3, 0.4) is 0 Å². The summed E-state index contributed by atoms with van der Waals surface area (Å²) in [4.78, 5) is 10.9. The number of carboxylic acids is 1. The normalized spacial score (nSPS) is 15.3. The first kappa shape index (κ1) is 26.7. The molecule has 1 aliphatic carbocycles. The first-order chi connectivity index (χ1) is 16.7. The molecule has 0 saturated carbocycles. The van der Waals surface area contributed by atoms with Crippen molar-refractivity contribution in [1.82, 2.24) is 5.32 Å². The zero-order chi connectivity index (χ0) is 25.4. The SMILES string of the molecule is CC(C)(CC1Cc2ccccc2C1)NC[C@@H](O)COc1cc(CCC[C@@H](N)C(=O)O)ccc1C#N. The number of aliphatic hydroxyl groups is 1. The summed E-state index contributed by atoms with van der Waals surface area (Å²) in [5, 5.41) is 32.3. The van der Waals surface area contributed by atoms with Gasteiger partial charge in [0.1, 0.15) is 30.6 Å². The van der Waals surface area contributed by atoms with Gasteiger partial charge in [-0.05, 0) is 87.1 Å². The molecule has 3 rings (SSSR count). The molecule has 0 aromatic heterocycles. The summed E-state index contributed by atoms with van der Waals surface area (Å²) in [6.45, 7) is 4.79. The monoisotopic (exact) mass is 479 g/mol. The molecule has 2 aromatic rings. The average molecular weight is 480 g/mol. The third-order valence-electron chi connectivity index (χ3n) is 6.65. The van der Waals surface area contributed by atoms with Gasteiger partial charge in [0, 0.05) is 12.1 Å². The highest BCUT2D eigenvalue weighted by atomic mass is 16.5. The number of nitriles is 1. The Morgan fingerprint density at radius 1 is 1.26 bits per heavy atom. The summed E-state index contributed by atoms with van der Waals surface area (Å²) in [5.74, 6) is 0.0109. The van der Waals surface area contributed by atoms with Crippen molar-refractivity contribution < 1.29 is 19.7 Å². The minimum atomic E-state index is -1.01. The first-order valence-corrected chi connectivity index (χ1v) is 12.3. The minimum Gasteiger partial charge on any atom is -0.489 e. The summed E-state index contributed by atoms with van der Waals surface area (Å²) in [6.07, 6.45) is 4.11. The maximum atomic E-state index is 10.9. The lowest BCUT2D eigenvalue weighted by Gasteiger charge is -2.30. The maximum Gasteiger partial charge on any atom is 0.320 e. The van der Waals surface area contributed by atoms with E-state index in [-0.39, 0.29) is 12.1 Å². The number of aryl methyl sites for hydroxylation is 1. The van der Waals surface area contributed by atoms with Gasteiger partial charge in [0.05, 0.1) is 5.56 Å². The number of benzene rings is 2. The second kappa shape index (κ2) is 12.2. The van der Waals surface area contributed by atoms with Gasteiger partial charge in [-0.15, -0.1) is 0 Å². The molecule has 7 nitrogen and oxygen atoms in total. The van der Waals surface area contributed by atoms with E-state index in [9.17, 15) is 15.2 Å². The Balaban J connectivity index is 1.45. The minimum absolute atomic E-state index is 0.0694. The van der Waals surface area contributed by atoms with Crippen molar-refractivity contribution in [3.63, 3.8) is 0 Å². The molecule has 0 spiro atoms. The van der Waals surface area contributed by atoms with Gasteiger partial charge in [-0.1, -0.05) is 30.3 Å². The Hall–Kier alpha value is -2.92. The molecular formula is C28H37N3O4. The van der Waals surface area contributed by atoms with Crippen LogP contribution in [0.25, 0.3) is 0 Å². The molecule has 0 saturated heterocycles. The van der Waals surface area contributed by atoms with E-state index in [0.717, 1.165) is 24.8 Å². The fraction of sp³-hybridized carbons (Fsp3) is 0.500. The molecule has 188 valence electrons. The Labute approximate surface area is 207 Å². The number of carbonyl (C=O) groups is 1. The van der Waals surface area contributed by atoms with Crippen molar-refractivity contribution >= 4 is 5.97 Å². The summed E-state index contributed by atoms with van der Waals surface area (Å²) in [5.41, 5.74) is 9.66. The van der Waals surface area contributed by atoms with Crippen LogP contribution in [0.4, 0.5) is 0 Å². The zero-order valence-corrected chi connectivity index (χ0v) is 20.7. The third-order valence-corrected chi connectivity index (χ3v) is 6.65. The Bertz CT molecular complexity index is 1020. The van der Waals surface area contributed by atoms with E-state index < -0.39 is 18.1 Å². The number of ether oxygens (including phenoxy) is 1. The van der Waals surface area contributed by atoms with Gasteiger partial charge in [0.25, 0.3) is 0 Å². The van der Waals surface area contributed by atoms with E-state index in [0.29, 0.717) is 43.0 Å². The second-order valence-corrected chi connectivity index (χ2v) is 10.3. The van der Waals surface area contributed by atoms with E-state index in [2.05, 4.69) is 49.5 Å². The van der Waals surface area contributed by atoms with Crippen LogP contribution < -0.4 is 15.8 Å². The highest BCUT2D eigenvalue weighted by molar-refractivity contribution is 5.72. The molecule has 2 aromatic carbocycles. The lowest BCUT2D eigenvalue weighted by molar-refractivity contribution is -0.138. The van der Waals surface area contributed by atoms with Gasteiger partial charge in [-0.3, -0.25) is 4.79 Å². The maximum absolute atomic E-state index is 10.9. The van der Waals surface area contributed by atoms with E-state index >= 15 is 0 Å². The molecule has 1 aliphatic rings. The molecule has 0 unspecified atom stereocenters. The van der Waals surface area contributed by atoms with Crippen LogP contribution in [-0.4, -0.2) is 47.0 Å². The quantitative estimate of drug-likeness (QED) is 0.347. The van der Waals surface area contributed by atoms with Crippen LogP contribution in [0.1, 0.15) is 55.4 Å². The molecule has 5 N–H and O–H groups in total. The largest absolute Gasteiger partial charge is 0.489 e. The number of nitrogens with two attached hydrogens (primary N) is 1. The number of hydrogen-bond acceptors (Lipinski definition) is 6. The van der Waals surface area contributed by atoms with E-state index in [4.69, 9.17) is 15.6 Å². The van der Waals surface area contributed by atoms with Crippen LogP contribution in [-0.2, 0) is 24.1 Å². The second-order valence-electron chi connectivity index (χ2n) is 10.3. The fourth-order valence-electron chi connectivity index (χ4n) is 4.81. The number of carboxylic acid groups (broad SMARTS) is 1. The van der Waals surface area contributed by atoms with Gasteiger partial charge in [0.2, 0.25) is 0 Å². The smallest absolute Gasteiger partial charge is 0.320 e. The van der Waals surface area contributed by atoms with Crippen molar-refractivity contribution in [3.05, 3.63) is 64.7 Å². The lowest BCUT2D eigenvalue weighted by atomic mass is 9.88. The van der Waals surface area contributed by atoms with E-state index in [1.807, 2.05) is 6.07 Å². The number of β-amino-alcohol motifs (C(OH)–C–C–N with tert-alkyl or cyclic N) is 1. The van der Waals surface area contributed by atoms with Crippen molar-refractivity contribution in [2.24, 2.45) is 11.7 Å². The molecule has 0 heterocycles. The zero-order valence-electron chi connectivity index (χ0n) is 20.7. The number of hydrogen-bond donors (Lipinski definition) is 4. The van der Waals surface area contributed by atoms with Crippen molar-refractivity contribution in [2.75, 3.05) is 13.2 Å². The summed E-state index contributed by atoms with van der Waals surface area (Å²) in [7, 11) is 0. The molecule has 7 heteroatoms. The molecule has 0 fully saturated rings. The number of nitrogens with one attached hydrogen (secondary N) is 1. The topological polar surface area (TPSA) is 129 Å². The van der Waals surface area contributed by atoms with Gasteiger partial charge >= 0.3 is 5.97 Å². The van der Waals surface area contributed by atoms with Gasteiger partial charge in [0.15, 0.2) is 0 Å². The number of aliphatic carboxylic acids is 1. The Morgan fingerprint density at radius 3 is 2.57 bits per heavy atom. The average Bonchev–Trinajstić information content (AvgIpc) is 3.23. The predicted octanol–water partition coefficient (Wildman–Crippen LogP) is 3.21. The predicted molar refractivity (Wildman–Crippen MR) is 135 cm³/mol. The molecule has 0 amide bonds. The fourth-order valence-corrected chi connectivity index (χ4v) is 4.81. The number of nitrogens with zero attached hydrogens (tertiary/aromatic N) is 1. The third kappa shape index (κ3) is 8.07. The number of fused-ring (bicyclic) bond motifs is 1. The molecule has 0 radical (unpaired) electrons. The molecule has 0 aliphatic heterocycles. The molecular weight excluding hydrogens is 442 g/mol. The van der Waals surface area contributed by atoms with Crippen molar-refractivity contribution in [1.29, 1.82) is 5.26 Å². The van der Waals surface area contributed by atoms with Gasteiger partial charge < -0.3 is 26.0 Å². The molecule has 35 heavy (non-hydrogen) atoms. The highest BCUT2D eigenvalue weighted by Crippen LogP contribution is 2.32. The van der Waals surface area contributed by atoms with Crippen LogP contribution in [0.2, 0.25) is 0 Å². The van der Waals surface area contributed by atoms with E-state index in [1.54, 1.807) is 12.1 Å². The Kier molecular flexibility index (Phi) is 9.27. The van der Waals surface area contributed by atoms with Crippen molar-refractivity contribution in [3.8, 4) is 11.8 Å². The highest BCUT2D eigenvalue weighted by Gasteiger charge is 2.28. The standard InChI is InChI=1S/C28H37N3O4/c1-28(2,15-20-12-21-7-3-4-8-22(21)13-20)31-17-24(32)18-35-26-14-19(10-11-23(26)16-29)6-5-9-25(30)27(33)34/h3-4,7-8,10-11,14,20,24-25,31-32H,5-6,9,12-13,15,17-18,30H2,1-2H3,(H,33,34)/t24-,25-/m1/s1. The van der Waals surface area contributed by atoms with Crippen molar-refractivity contribution in [2.45, 2.75) is 70.1 Å². The van der Waals surface area contributed by atoms with Crippen LogP contribution in [0, 0.1) is 17.2 Å². The summed E-state index contributed by atoms with van der Waals surface area (Å²) >= 11 is 0. The van der Waals surface area contributed by atoms with Crippen LogP contribution in [0.5, 0.6) is 5.75 Å². The number of aliphatic hydroxyl groups excluding tert-OH is 1. The molecule has 2 atom stereocenters. The lowest BCUT2D eigenvalue weighted by Crippen LogP contribution is -2.46. The first-order valence-electron chi connectivity index (χ1n) is 12.3. The summed E-state index contributed by atoms with van der Waals surface area (Å²) in [6, 6.07) is 15.2. The Morgan fingerprint density at radius 2 is 1.94 bits per heavy atom. The summed E-state index contributed by atoms with van der Waals surface area (Å²) < 4.78 is 5.81. The van der Waals surface area contributed by atoms with E-state index in [1.165, 1.54) is 11.1 Å². The van der Waals surface area contributed by atoms with Gasteiger partial charge in [-0.2, -0.15) is 5.26 Å². The molecule has 0 bridgehead atoms. The number of rotatable bonds is 13.